The summed E-state index contributed by atoms with van der Waals surface area (Å²) in [6.45, 7) is 7.06. The van der Waals surface area contributed by atoms with E-state index in [4.69, 9.17) is 0 Å². The number of carbonyl (C=O) groups is 1. The van der Waals surface area contributed by atoms with E-state index in [1.54, 1.807) is 3.28 Å². The van der Waals surface area contributed by atoms with E-state index in [2.05, 4.69) is 41.5 Å². The van der Waals surface area contributed by atoms with Crippen LogP contribution in [0.2, 0.25) is 13.1 Å². The molecule has 0 saturated carbocycles. The molecule has 0 aliphatic heterocycles. The molecule has 0 atom stereocenters. The predicted octanol–water partition coefficient (Wildman–Crippen LogP) is -1.39. The van der Waals surface area contributed by atoms with Crippen LogP contribution in [0, 0.1) is 0 Å². The Labute approximate surface area is 164 Å². The summed E-state index contributed by atoms with van der Waals surface area (Å²) in [7, 11) is 0. The fourth-order valence-electron chi connectivity index (χ4n) is 2.70. The van der Waals surface area contributed by atoms with Gasteiger partial charge in [0.15, 0.2) is 0 Å². The molecule has 0 fully saturated rings. The molecule has 133 valence electrons. The van der Waals surface area contributed by atoms with E-state index >= 15 is 0 Å². The van der Waals surface area contributed by atoms with E-state index in [9.17, 15) is 4.79 Å². The van der Waals surface area contributed by atoms with Crippen LogP contribution in [0.25, 0.3) is 0 Å². The molecule has 6 heteroatoms. The summed E-state index contributed by atoms with van der Waals surface area (Å²) in [5.74, 6) is -0.359. The van der Waals surface area contributed by atoms with Crippen molar-refractivity contribution in [2.45, 2.75) is 77.8 Å². The molecular formula is C17H32Cl2NOSiZr. The molecule has 0 unspecified atom stereocenters. The zero-order valence-electron chi connectivity index (χ0n) is 14.8. The van der Waals surface area contributed by atoms with Crippen molar-refractivity contribution in [2.75, 3.05) is 0 Å². The Bertz CT molecular complexity index is 376. The molecule has 0 radical (unpaired) electrons. The van der Waals surface area contributed by atoms with E-state index in [-0.39, 0.29) is 24.8 Å². The van der Waals surface area contributed by atoms with Gasteiger partial charge in [0.2, 0.25) is 0 Å². The van der Waals surface area contributed by atoms with Crippen LogP contribution in [0.4, 0.5) is 0 Å². The third-order valence-electron chi connectivity index (χ3n) is 3.98. The number of hydrogen-bond acceptors (Lipinski definition) is 1. The number of nitrogens with one attached hydrogen (secondary N) is 1. The maximum Gasteiger partial charge on any atom is -1.00 e. The molecule has 0 saturated heterocycles. The molecule has 1 amide bonds. The van der Waals surface area contributed by atoms with Crippen LogP contribution in [0.5, 0.6) is 0 Å². The summed E-state index contributed by atoms with van der Waals surface area (Å²) in [6, 6.07) is 0. The van der Waals surface area contributed by atoms with Crippen molar-refractivity contribution in [3.05, 3.63) is 21.5 Å². The molecule has 0 heterocycles. The zero-order valence-corrected chi connectivity index (χ0v) is 20.0. The molecule has 2 nitrogen and oxygen atoms in total. The van der Waals surface area contributed by atoms with Crippen LogP contribution in [0.1, 0.15) is 64.7 Å². The standard InChI is InChI=1S/C10H21NO.C5H5.C2H7Si.2ClH.Zr/c1-2-3-4-5-6-7-8-9-10(11)12;1-2-4-5-3-1;1-3-2;;;/h2-9H2,1H3,(H2,11,12);1-3H,4H2;3H,1-2H3;2*1H;/q;;;;;+3/p-3. The fourth-order valence-corrected chi connectivity index (χ4v) is 16.5. The molecule has 0 aromatic heterocycles. The first-order valence-electron chi connectivity index (χ1n) is 8.68. The zero-order chi connectivity index (χ0) is 15.5. The second kappa shape index (κ2) is 16.1. The average molecular weight is 457 g/mol. The van der Waals surface area contributed by atoms with Crippen molar-refractivity contribution in [3.63, 3.8) is 0 Å². The maximum absolute atomic E-state index is 12.2. The minimum Gasteiger partial charge on any atom is -1.00 e. The average Bonchev–Trinajstić information content (AvgIpc) is 2.97. The predicted molar refractivity (Wildman–Crippen MR) is 91.5 cm³/mol. The largest absolute Gasteiger partial charge is 1.00 e. The minimum atomic E-state index is -1.78. The molecular weight excluding hydrogens is 424 g/mol. The van der Waals surface area contributed by atoms with Crippen LogP contribution in [-0.2, 0) is 26.0 Å². The van der Waals surface area contributed by atoms with Gasteiger partial charge in [-0.1, -0.05) is 0 Å². The molecule has 1 rings (SSSR count). The molecule has 1 N–H and O–H groups in total. The van der Waals surface area contributed by atoms with Crippen molar-refractivity contribution >= 4 is 11.8 Å². The number of unbranched alkanes of at least 4 members (excludes halogenated alkanes) is 6. The molecule has 0 aromatic carbocycles. The summed E-state index contributed by atoms with van der Waals surface area (Å²) in [5, 5.41) is 0. The molecule has 23 heavy (non-hydrogen) atoms. The number of halogens is 2. The van der Waals surface area contributed by atoms with Gasteiger partial charge in [-0.2, -0.15) is 0 Å². The summed E-state index contributed by atoms with van der Waals surface area (Å²) in [5.41, 5.74) is 0. The van der Waals surface area contributed by atoms with Gasteiger partial charge in [0.1, 0.15) is 0 Å². The summed E-state index contributed by atoms with van der Waals surface area (Å²) >= 11 is -1.78. The van der Waals surface area contributed by atoms with E-state index in [0.717, 1.165) is 19.3 Å². The van der Waals surface area contributed by atoms with E-state index < -0.39 is 27.1 Å². The maximum atomic E-state index is 12.2. The van der Waals surface area contributed by atoms with Gasteiger partial charge in [-0.15, -0.1) is 0 Å². The van der Waals surface area contributed by atoms with Crippen LogP contribution in [-0.4, -0.2) is 11.8 Å². The third kappa shape index (κ3) is 11.8. The Morgan fingerprint density at radius 1 is 1.13 bits per heavy atom. The quantitative estimate of drug-likeness (QED) is 0.301. The van der Waals surface area contributed by atoms with Gasteiger partial charge in [-0.25, -0.2) is 0 Å². The first kappa shape index (κ1) is 25.9. The normalized spacial score (nSPS) is 12.4. The Morgan fingerprint density at radius 3 is 2.26 bits per heavy atom. The van der Waals surface area contributed by atoms with Crippen LogP contribution < -0.4 is 28.1 Å². The smallest absolute Gasteiger partial charge is 1.00 e. The number of carbonyl (C=O) groups excluding carboxylic acids is 1. The monoisotopic (exact) mass is 454 g/mol. The molecule has 0 bridgehead atoms. The van der Waals surface area contributed by atoms with Crippen molar-refractivity contribution in [2.24, 2.45) is 0 Å². The first-order valence-corrected chi connectivity index (χ1v) is 18.3. The van der Waals surface area contributed by atoms with E-state index in [1.807, 2.05) is 0 Å². The van der Waals surface area contributed by atoms with Crippen LogP contribution >= 0.6 is 0 Å². The van der Waals surface area contributed by atoms with Gasteiger partial charge >= 0.3 is 140 Å². The number of amides is 1. The Hall–Kier alpha value is 0.630. The molecule has 0 spiro atoms. The van der Waals surface area contributed by atoms with Gasteiger partial charge in [0.05, 0.1) is 0 Å². The van der Waals surface area contributed by atoms with Crippen molar-refractivity contribution in [3.8, 4) is 0 Å². The van der Waals surface area contributed by atoms with Gasteiger partial charge in [0.25, 0.3) is 0 Å². The van der Waals surface area contributed by atoms with Gasteiger partial charge in [-0.3, -0.25) is 0 Å². The van der Waals surface area contributed by atoms with Crippen molar-refractivity contribution in [1.82, 2.24) is 3.26 Å². The molecule has 1 aliphatic rings. The topological polar surface area (TPSA) is 29.1 Å². The first-order chi connectivity index (χ1) is 10.1. The second-order valence-electron chi connectivity index (χ2n) is 6.31. The molecule has 0 aromatic rings. The summed E-state index contributed by atoms with van der Waals surface area (Å²) in [6.07, 6.45) is 17.5. The minimum absolute atomic E-state index is 0. The number of rotatable bonds is 11. The van der Waals surface area contributed by atoms with E-state index in [0.29, 0.717) is 5.91 Å². The second-order valence-corrected chi connectivity index (χ2v) is 24.8. The number of hydrogen-bond donors (Lipinski definition) is 1. The van der Waals surface area contributed by atoms with Gasteiger partial charge in [-0.05, 0) is 0 Å². The molecule has 1 aliphatic carbocycles. The Morgan fingerprint density at radius 2 is 1.74 bits per heavy atom. The SMILES string of the molecule is CCCCCCCCCC(=O)[NH][Zr+2]([C]1=CC=CC1)[SiH](C)C.[Cl-].[Cl-]. The van der Waals surface area contributed by atoms with Crippen LogP contribution in [0.15, 0.2) is 21.5 Å². The third-order valence-corrected chi connectivity index (χ3v) is 20.7. The Balaban J connectivity index is 0. The van der Waals surface area contributed by atoms with Crippen LogP contribution in [0.3, 0.4) is 0 Å². The summed E-state index contributed by atoms with van der Waals surface area (Å²) < 4.78 is 5.08. The van der Waals surface area contributed by atoms with E-state index in [1.165, 1.54) is 38.5 Å². The van der Waals surface area contributed by atoms with Gasteiger partial charge in [0, 0.05) is 0 Å². The van der Waals surface area contributed by atoms with Crippen molar-refractivity contribution in [1.29, 1.82) is 0 Å². The summed E-state index contributed by atoms with van der Waals surface area (Å²) in [4.78, 5) is 12.2. The van der Waals surface area contributed by atoms with Crippen molar-refractivity contribution < 1.29 is 50.8 Å². The Kier molecular flexibility index (Phi) is 18.1. The fraction of sp³-hybridized carbons (Fsp3) is 0.706. The number of allylic oxidation sites excluding steroid dienone is 4. The van der Waals surface area contributed by atoms with Gasteiger partial charge < -0.3 is 24.8 Å².